The van der Waals surface area contributed by atoms with Gasteiger partial charge in [0.15, 0.2) is 5.69 Å². The standard InChI is InChI=1S/C9H8N4OS/c10-6-7-9(8-2-1-5-15-8)13(3-4-14)12-11-7/h1-2,5,14H,3-4H2. The molecule has 5 nitrogen and oxygen atoms in total. The average molecular weight is 220 g/mol. The van der Waals surface area contributed by atoms with E-state index in [9.17, 15) is 0 Å². The predicted molar refractivity (Wildman–Crippen MR) is 55.1 cm³/mol. The normalized spacial score (nSPS) is 10.1. The maximum atomic E-state index is 8.88. The Morgan fingerprint density at radius 2 is 2.47 bits per heavy atom. The highest BCUT2D eigenvalue weighted by molar-refractivity contribution is 7.13. The molecular weight excluding hydrogens is 212 g/mol. The van der Waals surface area contributed by atoms with Crippen molar-refractivity contribution in [2.24, 2.45) is 0 Å². The van der Waals surface area contributed by atoms with Gasteiger partial charge in [-0.3, -0.25) is 0 Å². The summed E-state index contributed by atoms with van der Waals surface area (Å²) in [6, 6.07) is 5.79. The number of aliphatic hydroxyl groups is 1. The molecule has 0 aromatic carbocycles. The molecule has 0 fully saturated rings. The van der Waals surface area contributed by atoms with E-state index in [1.807, 2.05) is 23.6 Å². The highest BCUT2D eigenvalue weighted by atomic mass is 32.1. The van der Waals surface area contributed by atoms with Crippen LogP contribution in [0.15, 0.2) is 17.5 Å². The first-order valence-corrected chi connectivity index (χ1v) is 5.23. The Hall–Kier alpha value is -1.71. The van der Waals surface area contributed by atoms with E-state index >= 15 is 0 Å². The number of hydrogen-bond acceptors (Lipinski definition) is 5. The summed E-state index contributed by atoms with van der Waals surface area (Å²) in [6.07, 6.45) is 0. The fraction of sp³-hybridized carbons (Fsp3) is 0.222. The number of aliphatic hydroxyl groups excluding tert-OH is 1. The monoisotopic (exact) mass is 220 g/mol. The lowest BCUT2D eigenvalue weighted by atomic mass is 10.3. The van der Waals surface area contributed by atoms with Gasteiger partial charge in [0.25, 0.3) is 0 Å². The number of rotatable bonds is 3. The number of nitrogens with zero attached hydrogens (tertiary/aromatic N) is 4. The van der Waals surface area contributed by atoms with Crippen molar-refractivity contribution in [1.29, 1.82) is 5.26 Å². The molecule has 0 atom stereocenters. The molecule has 2 rings (SSSR count). The molecule has 1 N–H and O–H groups in total. The topological polar surface area (TPSA) is 74.7 Å². The van der Waals surface area contributed by atoms with E-state index in [0.29, 0.717) is 17.9 Å². The molecule has 0 saturated heterocycles. The van der Waals surface area contributed by atoms with Crippen molar-refractivity contribution in [2.45, 2.75) is 6.54 Å². The van der Waals surface area contributed by atoms with Crippen LogP contribution in [0.2, 0.25) is 0 Å². The molecule has 0 amide bonds. The molecule has 0 aliphatic carbocycles. The van der Waals surface area contributed by atoms with E-state index in [0.717, 1.165) is 4.88 Å². The summed E-state index contributed by atoms with van der Waals surface area (Å²) in [4.78, 5) is 0.935. The lowest BCUT2D eigenvalue weighted by Gasteiger charge is -2.01. The van der Waals surface area contributed by atoms with Crippen molar-refractivity contribution < 1.29 is 5.11 Å². The van der Waals surface area contributed by atoms with Gasteiger partial charge in [-0.05, 0) is 11.4 Å². The molecule has 6 heteroatoms. The van der Waals surface area contributed by atoms with Gasteiger partial charge in [-0.1, -0.05) is 11.3 Å². The Kier molecular flexibility index (Phi) is 2.76. The number of aromatic nitrogens is 3. The van der Waals surface area contributed by atoms with E-state index in [-0.39, 0.29) is 6.61 Å². The van der Waals surface area contributed by atoms with Gasteiger partial charge in [0.2, 0.25) is 0 Å². The third-order valence-electron chi connectivity index (χ3n) is 1.91. The van der Waals surface area contributed by atoms with Crippen LogP contribution in [-0.4, -0.2) is 26.7 Å². The molecule has 2 aromatic heterocycles. The zero-order valence-electron chi connectivity index (χ0n) is 7.79. The summed E-state index contributed by atoms with van der Waals surface area (Å²) >= 11 is 1.52. The van der Waals surface area contributed by atoms with Crippen molar-refractivity contribution in [3.05, 3.63) is 23.2 Å². The van der Waals surface area contributed by atoms with E-state index in [1.165, 1.54) is 11.3 Å². The SMILES string of the molecule is N#Cc1nnn(CCO)c1-c1cccs1. The Bertz CT molecular complexity index is 483. The fourth-order valence-corrected chi connectivity index (χ4v) is 2.07. The molecule has 15 heavy (non-hydrogen) atoms. The van der Waals surface area contributed by atoms with Gasteiger partial charge in [-0.25, -0.2) is 4.68 Å². The van der Waals surface area contributed by atoms with Crippen LogP contribution in [0.1, 0.15) is 5.69 Å². The van der Waals surface area contributed by atoms with Crippen LogP contribution in [0, 0.1) is 11.3 Å². The Morgan fingerprint density at radius 3 is 3.07 bits per heavy atom. The van der Waals surface area contributed by atoms with E-state index in [4.69, 9.17) is 10.4 Å². The maximum Gasteiger partial charge on any atom is 0.191 e. The Morgan fingerprint density at radius 1 is 1.60 bits per heavy atom. The summed E-state index contributed by atoms with van der Waals surface area (Å²) in [5.74, 6) is 0. The minimum Gasteiger partial charge on any atom is -0.394 e. The number of nitriles is 1. The van der Waals surface area contributed by atoms with Gasteiger partial charge in [-0.2, -0.15) is 5.26 Å². The molecule has 0 spiro atoms. The second-order valence-corrected chi connectivity index (χ2v) is 3.77. The lowest BCUT2D eigenvalue weighted by Crippen LogP contribution is -2.05. The highest BCUT2D eigenvalue weighted by Gasteiger charge is 2.14. The second kappa shape index (κ2) is 4.21. The summed E-state index contributed by atoms with van der Waals surface area (Å²) < 4.78 is 1.55. The highest BCUT2D eigenvalue weighted by Crippen LogP contribution is 2.26. The van der Waals surface area contributed by atoms with Crippen molar-refractivity contribution >= 4 is 11.3 Å². The van der Waals surface area contributed by atoms with Crippen LogP contribution in [0.25, 0.3) is 10.6 Å². The smallest absolute Gasteiger partial charge is 0.191 e. The van der Waals surface area contributed by atoms with Crippen molar-refractivity contribution in [2.75, 3.05) is 6.61 Å². The van der Waals surface area contributed by atoms with Crippen molar-refractivity contribution in [3.8, 4) is 16.6 Å². The summed E-state index contributed by atoms with van der Waals surface area (Å²) in [5.41, 5.74) is 0.979. The van der Waals surface area contributed by atoms with Gasteiger partial charge >= 0.3 is 0 Å². The summed E-state index contributed by atoms with van der Waals surface area (Å²) in [7, 11) is 0. The molecule has 0 bridgehead atoms. The first-order valence-electron chi connectivity index (χ1n) is 4.35. The van der Waals surface area contributed by atoms with Gasteiger partial charge in [-0.15, -0.1) is 16.4 Å². The lowest BCUT2D eigenvalue weighted by molar-refractivity contribution is 0.269. The zero-order chi connectivity index (χ0) is 10.7. The molecule has 0 aliphatic heterocycles. The van der Waals surface area contributed by atoms with Crippen LogP contribution in [0.4, 0.5) is 0 Å². The second-order valence-electron chi connectivity index (χ2n) is 2.82. The third kappa shape index (κ3) is 1.75. The first kappa shape index (κ1) is 9.83. The molecule has 0 saturated carbocycles. The van der Waals surface area contributed by atoms with Gasteiger partial charge < -0.3 is 5.11 Å². The quantitative estimate of drug-likeness (QED) is 0.832. The van der Waals surface area contributed by atoms with Gasteiger partial charge in [0, 0.05) is 0 Å². The van der Waals surface area contributed by atoms with Crippen LogP contribution in [-0.2, 0) is 6.54 Å². The molecule has 76 valence electrons. The molecule has 0 radical (unpaired) electrons. The van der Waals surface area contributed by atoms with E-state index in [1.54, 1.807) is 4.68 Å². The molecule has 2 heterocycles. The minimum absolute atomic E-state index is 0.0212. The molecule has 0 aliphatic rings. The van der Waals surface area contributed by atoms with Gasteiger partial charge in [0.1, 0.15) is 11.8 Å². The van der Waals surface area contributed by atoms with Crippen LogP contribution in [0.5, 0.6) is 0 Å². The predicted octanol–water partition coefficient (Wildman–Crippen LogP) is 0.871. The Balaban J connectivity index is 2.52. The third-order valence-corrected chi connectivity index (χ3v) is 2.78. The maximum absolute atomic E-state index is 8.88. The summed E-state index contributed by atoms with van der Waals surface area (Å²) in [6.45, 7) is 0.328. The number of hydrogen-bond donors (Lipinski definition) is 1. The van der Waals surface area contributed by atoms with Crippen molar-refractivity contribution in [1.82, 2.24) is 15.0 Å². The van der Waals surface area contributed by atoms with Crippen LogP contribution in [0.3, 0.4) is 0 Å². The molecule has 2 aromatic rings. The fourth-order valence-electron chi connectivity index (χ4n) is 1.30. The number of thiophene rings is 1. The Labute approximate surface area is 90.2 Å². The zero-order valence-corrected chi connectivity index (χ0v) is 8.61. The van der Waals surface area contributed by atoms with E-state index < -0.39 is 0 Å². The van der Waals surface area contributed by atoms with Crippen LogP contribution >= 0.6 is 11.3 Å². The largest absolute Gasteiger partial charge is 0.394 e. The minimum atomic E-state index is -0.0212. The average Bonchev–Trinajstić information content (AvgIpc) is 2.85. The molecule has 0 unspecified atom stereocenters. The van der Waals surface area contributed by atoms with Crippen LogP contribution < -0.4 is 0 Å². The summed E-state index contributed by atoms with van der Waals surface area (Å²) in [5, 5.41) is 27.2. The van der Waals surface area contributed by atoms with E-state index in [2.05, 4.69) is 10.3 Å². The first-order chi connectivity index (χ1) is 7.36. The molecular formula is C9H8N4OS. The van der Waals surface area contributed by atoms with Crippen molar-refractivity contribution in [3.63, 3.8) is 0 Å². The van der Waals surface area contributed by atoms with Gasteiger partial charge in [0.05, 0.1) is 18.0 Å².